The second-order valence-electron chi connectivity index (χ2n) is 4.96. The van der Waals surface area contributed by atoms with E-state index in [-0.39, 0.29) is 17.1 Å². The molecule has 8 heteroatoms. The van der Waals surface area contributed by atoms with Crippen LogP contribution in [-0.4, -0.2) is 50.5 Å². The summed E-state index contributed by atoms with van der Waals surface area (Å²) in [4.78, 5) is 23.4. The van der Waals surface area contributed by atoms with Gasteiger partial charge in [-0.1, -0.05) is 13.8 Å². The molecule has 0 bridgehead atoms. The molecule has 0 unspecified atom stereocenters. The predicted molar refractivity (Wildman–Crippen MR) is 81.3 cm³/mol. The lowest BCUT2D eigenvalue weighted by atomic mass is 10.2. The van der Waals surface area contributed by atoms with Gasteiger partial charge >= 0.3 is 11.9 Å². The molecule has 7 nitrogen and oxygen atoms in total. The van der Waals surface area contributed by atoms with E-state index in [0.717, 1.165) is 0 Å². The minimum Gasteiger partial charge on any atom is -0.463 e. The molecule has 1 atom stereocenters. The van der Waals surface area contributed by atoms with E-state index in [9.17, 15) is 18.0 Å². The van der Waals surface area contributed by atoms with Crippen molar-refractivity contribution in [3.8, 4) is 0 Å². The molecule has 0 spiro atoms. The lowest BCUT2D eigenvalue weighted by molar-refractivity contribution is -0.145. The third-order valence-corrected chi connectivity index (χ3v) is 5.63. The van der Waals surface area contributed by atoms with Crippen LogP contribution in [0.2, 0.25) is 0 Å². The number of cyclic esters (lactones) is 1. The molecule has 0 N–H and O–H groups in total. The summed E-state index contributed by atoms with van der Waals surface area (Å²) in [7, 11) is -3.57. The Morgan fingerprint density at radius 2 is 1.87 bits per heavy atom. The van der Waals surface area contributed by atoms with Gasteiger partial charge < -0.3 is 9.47 Å². The Balaban J connectivity index is 2.13. The average molecular weight is 341 g/mol. The van der Waals surface area contributed by atoms with Crippen LogP contribution < -0.4 is 0 Å². The summed E-state index contributed by atoms with van der Waals surface area (Å²) < 4.78 is 35.8. The van der Waals surface area contributed by atoms with Crippen LogP contribution in [0.3, 0.4) is 0 Å². The van der Waals surface area contributed by atoms with Crippen molar-refractivity contribution in [2.75, 3.05) is 19.7 Å². The first-order valence-corrected chi connectivity index (χ1v) is 8.82. The average Bonchev–Trinajstić information content (AvgIpc) is 2.93. The van der Waals surface area contributed by atoms with Crippen molar-refractivity contribution in [3.63, 3.8) is 0 Å². The number of benzene rings is 1. The molecule has 2 rings (SSSR count). The first-order valence-electron chi connectivity index (χ1n) is 7.38. The molecule has 23 heavy (non-hydrogen) atoms. The zero-order valence-electron chi connectivity index (χ0n) is 13.0. The number of sulfonamides is 1. The van der Waals surface area contributed by atoms with Gasteiger partial charge in [0.15, 0.2) is 0 Å². The Labute approximate surface area is 135 Å². The highest BCUT2D eigenvalue weighted by molar-refractivity contribution is 7.89. The van der Waals surface area contributed by atoms with Gasteiger partial charge in [0.05, 0.1) is 17.1 Å². The van der Waals surface area contributed by atoms with Gasteiger partial charge in [-0.25, -0.2) is 18.0 Å². The summed E-state index contributed by atoms with van der Waals surface area (Å²) in [5.74, 6) is -1.24. The van der Waals surface area contributed by atoms with E-state index in [1.54, 1.807) is 13.8 Å². The standard InChI is InChI=1S/C15H19NO6S/c1-3-16(4-2)23(19,20)12-7-5-11(6-8-12)14(17)22-13-9-10-21-15(13)18/h5-8,13H,3-4,9-10H2,1-2H3/t13-/m1/s1. The van der Waals surface area contributed by atoms with E-state index in [0.29, 0.717) is 19.5 Å². The maximum absolute atomic E-state index is 12.3. The molecule has 1 heterocycles. The van der Waals surface area contributed by atoms with Crippen molar-refractivity contribution in [1.29, 1.82) is 0 Å². The highest BCUT2D eigenvalue weighted by atomic mass is 32.2. The molecule has 1 aromatic rings. The van der Waals surface area contributed by atoms with Crippen LogP contribution in [0.4, 0.5) is 0 Å². The lowest BCUT2D eigenvalue weighted by Gasteiger charge is -2.18. The molecule has 1 aliphatic heterocycles. The van der Waals surface area contributed by atoms with E-state index >= 15 is 0 Å². The molecular weight excluding hydrogens is 322 g/mol. The maximum atomic E-state index is 12.3. The Hall–Kier alpha value is -1.93. The van der Waals surface area contributed by atoms with E-state index in [4.69, 9.17) is 9.47 Å². The van der Waals surface area contributed by atoms with Gasteiger partial charge in [-0.15, -0.1) is 0 Å². The van der Waals surface area contributed by atoms with Gasteiger partial charge in [-0.3, -0.25) is 0 Å². The van der Waals surface area contributed by atoms with Gasteiger partial charge in [0.2, 0.25) is 16.1 Å². The Morgan fingerprint density at radius 1 is 1.26 bits per heavy atom. The van der Waals surface area contributed by atoms with Gasteiger partial charge in [-0.05, 0) is 24.3 Å². The predicted octanol–water partition coefficient (Wildman–Crippen LogP) is 1.19. The summed E-state index contributed by atoms with van der Waals surface area (Å²) in [6.45, 7) is 4.48. The van der Waals surface area contributed by atoms with Crippen LogP contribution in [0.1, 0.15) is 30.6 Å². The molecule has 0 radical (unpaired) electrons. The second kappa shape index (κ2) is 7.10. The second-order valence-corrected chi connectivity index (χ2v) is 6.90. The highest BCUT2D eigenvalue weighted by Gasteiger charge is 2.30. The largest absolute Gasteiger partial charge is 0.463 e. The number of carbonyl (C=O) groups is 2. The number of carbonyl (C=O) groups excluding carboxylic acids is 2. The lowest BCUT2D eigenvalue weighted by Crippen LogP contribution is -2.30. The third-order valence-electron chi connectivity index (χ3n) is 3.57. The number of rotatable bonds is 6. The van der Waals surface area contributed by atoms with Crippen molar-refractivity contribution in [2.24, 2.45) is 0 Å². The summed E-state index contributed by atoms with van der Waals surface area (Å²) in [6.07, 6.45) is -0.555. The summed E-state index contributed by atoms with van der Waals surface area (Å²) >= 11 is 0. The van der Waals surface area contributed by atoms with Crippen LogP contribution >= 0.6 is 0 Å². The van der Waals surface area contributed by atoms with Crippen molar-refractivity contribution >= 4 is 22.0 Å². The molecule has 0 amide bonds. The number of esters is 2. The fourth-order valence-electron chi connectivity index (χ4n) is 2.26. The number of hydrogen-bond donors (Lipinski definition) is 0. The fraction of sp³-hybridized carbons (Fsp3) is 0.467. The number of nitrogens with zero attached hydrogens (tertiary/aromatic N) is 1. The van der Waals surface area contributed by atoms with E-state index < -0.39 is 28.1 Å². The molecule has 1 aliphatic rings. The SMILES string of the molecule is CCN(CC)S(=O)(=O)c1ccc(C(=O)O[C@@H]2CCOC2=O)cc1. The van der Waals surface area contributed by atoms with Crippen molar-refractivity contribution in [1.82, 2.24) is 4.31 Å². The zero-order valence-corrected chi connectivity index (χ0v) is 13.8. The first-order chi connectivity index (χ1) is 10.9. The Morgan fingerprint density at radius 3 is 2.35 bits per heavy atom. The highest BCUT2D eigenvalue weighted by Crippen LogP contribution is 2.18. The molecule has 1 fully saturated rings. The molecule has 0 saturated carbocycles. The van der Waals surface area contributed by atoms with Gasteiger partial charge in [0.1, 0.15) is 0 Å². The molecule has 0 aromatic heterocycles. The van der Waals surface area contributed by atoms with Crippen LogP contribution in [0.25, 0.3) is 0 Å². The van der Waals surface area contributed by atoms with Gasteiger partial charge in [0.25, 0.3) is 0 Å². The number of ether oxygens (including phenoxy) is 2. The van der Waals surface area contributed by atoms with Crippen LogP contribution in [0, 0.1) is 0 Å². The fourth-order valence-corrected chi connectivity index (χ4v) is 3.72. The van der Waals surface area contributed by atoms with Gasteiger partial charge in [-0.2, -0.15) is 4.31 Å². The van der Waals surface area contributed by atoms with E-state index in [2.05, 4.69) is 0 Å². The van der Waals surface area contributed by atoms with E-state index in [1.807, 2.05) is 0 Å². The van der Waals surface area contributed by atoms with Gasteiger partial charge in [0, 0.05) is 19.5 Å². The Bertz CT molecular complexity index is 678. The van der Waals surface area contributed by atoms with Crippen LogP contribution in [0.5, 0.6) is 0 Å². The van der Waals surface area contributed by atoms with Crippen molar-refractivity contribution < 1.29 is 27.5 Å². The molecule has 1 saturated heterocycles. The molecular formula is C15H19NO6S. The summed E-state index contributed by atoms with van der Waals surface area (Å²) in [5, 5.41) is 0. The molecule has 126 valence electrons. The smallest absolute Gasteiger partial charge is 0.347 e. The molecule has 1 aromatic carbocycles. The zero-order chi connectivity index (χ0) is 17.0. The van der Waals surface area contributed by atoms with E-state index in [1.165, 1.54) is 28.6 Å². The Kier molecular flexibility index (Phi) is 5.38. The van der Waals surface area contributed by atoms with Crippen molar-refractivity contribution in [2.45, 2.75) is 31.3 Å². The first kappa shape index (κ1) is 17.4. The monoisotopic (exact) mass is 341 g/mol. The van der Waals surface area contributed by atoms with Crippen LogP contribution in [0.15, 0.2) is 29.2 Å². The quantitative estimate of drug-likeness (QED) is 0.722. The molecule has 0 aliphatic carbocycles. The normalized spacial score (nSPS) is 18.0. The minimum absolute atomic E-state index is 0.109. The topological polar surface area (TPSA) is 90.0 Å². The summed E-state index contributed by atoms with van der Waals surface area (Å²) in [6, 6.07) is 5.46. The van der Waals surface area contributed by atoms with Crippen LogP contribution in [-0.2, 0) is 24.3 Å². The van der Waals surface area contributed by atoms with Crippen molar-refractivity contribution in [3.05, 3.63) is 29.8 Å². The maximum Gasteiger partial charge on any atom is 0.347 e. The number of hydrogen-bond acceptors (Lipinski definition) is 6. The summed E-state index contributed by atoms with van der Waals surface area (Å²) in [5.41, 5.74) is 0.184. The third kappa shape index (κ3) is 3.70. The minimum atomic E-state index is -3.57.